The number of alkyl halides is 2. The van der Waals surface area contributed by atoms with Crippen LogP contribution < -0.4 is 4.74 Å². The van der Waals surface area contributed by atoms with E-state index in [1.165, 1.54) is 12.1 Å². The van der Waals surface area contributed by atoms with Crippen LogP contribution in [0.15, 0.2) is 24.3 Å². The Labute approximate surface area is 93.9 Å². The Morgan fingerprint density at radius 1 is 1.12 bits per heavy atom. The van der Waals surface area contributed by atoms with Crippen LogP contribution >= 0.6 is 0 Å². The number of hydrogen-bond acceptors (Lipinski definition) is 2. The van der Waals surface area contributed by atoms with Crippen LogP contribution in [-0.2, 0) is 0 Å². The van der Waals surface area contributed by atoms with Gasteiger partial charge in [0.25, 0.3) is 0 Å². The largest absolute Gasteiger partial charge is 0.435 e. The first kappa shape index (κ1) is 12.9. The normalized spacial score (nSPS) is 13.9. The molecule has 0 spiro atoms. The second-order valence-electron chi connectivity index (χ2n) is 4.72. The van der Waals surface area contributed by atoms with Crippen molar-refractivity contribution in [1.82, 2.24) is 0 Å². The summed E-state index contributed by atoms with van der Waals surface area (Å²) in [7, 11) is 0. The van der Waals surface area contributed by atoms with Gasteiger partial charge in [-0.3, -0.25) is 0 Å². The summed E-state index contributed by atoms with van der Waals surface area (Å²) >= 11 is 0. The zero-order valence-corrected chi connectivity index (χ0v) is 9.58. The number of aliphatic hydroxyl groups excluding tert-OH is 1. The van der Waals surface area contributed by atoms with Gasteiger partial charge < -0.3 is 9.84 Å². The Balaban J connectivity index is 2.79. The van der Waals surface area contributed by atoms with Crippen LogP contribution in [0.25, 0.3) is 0 Å². The molecule has 1 unspecified atom stereocenters. The van der Waals surface area contributed by atoms with E-state index in [2.05, 4.69) is 4.74 Å². The number of ether oxygens (including phenoxy) is 1. The molecule has 1 rings (SSSR count). The number of hydrogen-bond donors (Lipinski definition) is 1. The summed E-state index contributed by atoms with van der Waals surface area (Å²) in [6.45, 7) is 2.89. The van der Waals surface area contributed by atoms with E-state index < -0.39 is 12.7 Å². The van der Waals surface area contributed by atoms with Crippen molar-refractivity contribution < 1.29 is 18.6 Å². The van der Waals surface area contributed by atoms with Crippen LogP contribution in [0.5, 0.6) is 5.75 Å². The molecule has 0 saturated heterocycles. The Kier molecular flexibility index (Phi) is 3.86. The molecule has 1 aromatic rings. The lowest BCUT2D eigenvalue weighted by atomic mass is 9.85. The maximum Gasteiger partial charge on any atom is 0.387 e. The lowest BCUT2D eigenvalue weighted by Gasteiger charge is -2.26. The van der Waals surface area contributed by atoms with Gasteiger partial charge in [-0.2, -0.15) is 8.78 Å². The zero-order valence-electron chi connectivity index (χ0n) is 9.58. The van der Waals surface area contributed by atoms with Gasteiger partial charge in [-0.15, -0.1) is 0 Å². The second kappa shape index (κ2) is 4.78. The monoisotopic (exact) mass is 230 g/mol. The molecular weight excluding hydrogens is 214 g/mol. The second-order valence-corrected chi connectivity index (χ2v) is 4.72. The first-order valence-corrected chi connectivity index (χ1v) is 5.03. The van der Waals surface area contributed by atoms with Crippen LogP contribution in [0.1, 0.15) is 32.4 Å². The van der Waals surface area contributed by atoms with Crippen molar-refractivity contribution in [1.29, 1.82) is 0 Å². The van der Waals surface area contributed by atoms with E-state index in [4.69, 9.17) is 0 Å². The summed E-state index contributed by atoms with van der Waals surface area (Å²) in [5.41, 5.74) is 0.402. The minimum Gasteiger partial charge on any atom is -0.435 e. The highest BCUT2D eigenvalue weighted by Gasteiger charge is 2.23. The fourth-order valence-corrected chi connectivity index (χ4v) is 1.33. The van der Waals surface area contributed by atoms with E-state index in [-0.39, 0.29) is 11.2 Å². The number of rotatable bonds is 3. The van der Waals surface area contributed by atoms with Gasteiger partial charge in [0.1, 0.15) is 5.75 Å². The van der Waals surface area contributed by atoms with E-state index in [1.807, 2.05) is 20.8 Å². The molecule has 2 nitrogen and oxygen atoms in total. The Morgan fingerprint density at radius 3 is 2.00 bits per heavy atom. The average molecular weight is 230 g/mol. The highest BCUT2D eigenvalue weighted by molar-refractivity contribution is 5.29. The van der Waals surface area contributed by atoms with Crippen molar-refractivity contribution in [3.05, 3.63) is 29.8 Å². The van der Waals surface area contributed by atoms with Crippen LogP contribution in [0.2, 0.25) is 0 Å². The third kappa shape index (κ3) is 3.45. The molecule has 0 aliphatic carbocycles. The van der Waals surface area contributed by atoms with Crippen LogP contribution in [0.4, 0.5) is 8.78 Å². The maximum absolute atomic E-state index is 11.9. The molecule has 4 heteroatoms. The molecule has 0 aliphatic rings. The van der Waals surface area contributed by atoms with E-state index in [0.717, 1.165) is 0 Å². The van der Waals surface area contributed by atoms with Gasteiger partial charge in [0.05, 0.1) is 6.10 Å². The Bertz CT molecular complexity index is 328. The Hall–Kier alpha value is -1.16. The predicted molar refractivity (Wildman–Crippen MR) is 57.5 cm³/mol. The smallest absolute Gasteiger partial charge is 0.387 e. The van der Waals surface area contributed by atoms with E-state index >= 15 is 0 Å². The van der Waals surface area contributed by atoms with Gasteiger partial charge in [-0.25, -0.2) is 0 Å². The Morgan fingerprint density at radius 2 is 1.62 bits per heavy atom. The molecular formula is C12H16F2O2. The topological polar surface area (TPSA) is 29.5 Å². The van der Waals surface area contributed by atoms with Crippen molar-refractivity contribution in [3.63, 3.8) is 0 Å². The summed E-state index contributed by atoms with van der Waals surface area (Å²) in [5, 5.41) is 9.94. The third-order valence-corrected chi connectivity index (χ3v) is 2.24. The molecule has 0 bridgehead atoms. The average Bonchev–Trinajstić information content (AvgIpc) is 2.15. The summed E-state index contributed by atoms with van der Waals surface area (Å²) in [5.74, 6) is 0.0971. The summed E-state index contributed by atoms with van der Waals surface area (Å²) in [6, 6.07) is 6.04. The van der Waals surface area contributed by atoms with Gasteiger partial charge in [0, 0.05) is 0 Å². The molecule has 0 aliphatic heterocycles. The molecule has 1 aromatic carbocycles. The minimum absolute atomic E-state index is 0.0971. The molecule has 0 heterocycles. The fraction of sp³-hybridized carbons (Fsp3) is 0.500. The zero-order chi connectivity index (χ0) is 12.3. The third-order valence-electron chi connectivity index (χ3n) is 2.24. The molecule has 1 atom stereocenters. The lowest BCUT2D eigenvalue weighted by molar-refractivity contribution is -0.0498. The molecule has 16 heavy (non-hydrogen) atoms. The molecule has 0 saturated carbocycles. The SMILES string of the molecule is CC(C)(C)C(O)c1ccc(OC(F)F)cc1. The highest BCUT2D eigenvalue weighted by Crippen LogP contribution is 2.33. The maximum atomic E-state index is 11.9. The summed E-state index contributed by atoms with van der Waals surface area (Å²) in [4.78, 5) is 0. The van der Waals surface area contributed by atoms with Crippen LogP contribution in [0.3, 0.4) is 0 Å². The van der Waals surface area contributed by atoms with Crippen LogP contribution in [0, 0.1) is 5.41 Å². The summed E-state index contributed by atoms with van der Waals surface area (Å²) < 4.78 is 28.0. The first-order valence-electron chi connectivity index (χ1n) is 5.03. The van der Waals surface area contributed by atoms with Crippen molar-refractivity contribution in [2.75, 3.05) is 0 Å². The van der Waals surface area contributed by atoms with Gasteiger partial charge in [0.2, 0.25) is 0 Å². The quantitative estimate of drug-likeness (QED) is 0.862. The summed E-state index contributed by atoms with van der Waals surface area (Å²) in [6.07, 6.45) is -0.631. The van der Waals surface area contributed by atoms with Gasteiger partial charge in [-0.1, -0.05) is 32.9 Å². The standard InChI is InChI=1S/C12H16F2O2/c1-12(2,3)10(15)8-4-6-9(7-5-8)16-11(13)14/h4-7,10-11,15H,1-3H3. The number of aliphatic hydroxyl groups is 1. The fourth-order valence-electron chi connectivity index (χ4n) is 1.33. The van der Waals surface area contributed by atoms with Crippen molar-refractivity contribution in [2.45, 2.75) is 33.5 Å². The van der Waals surface area contributed by atoms with Crippen LogP contribution in [-0.4, -0.2) is 11.7 Å². The molecule has 0 radical (unpaired) electrons. The molecule has 1 N–H and O–H groups in total. The highest BCUT2D eigenvalue weighted by atomic mass is 19.3. The van der Waals surface area contributed by atoms with Crippen molar-refractivity contribution in [2.24, 2.45) is 5.41 Å². The van der Waals surface area contributed by atoms with Gasteiger partial charge >= 0.3 is 6.61 Å². The number of halogens is 2. The lowest BCUT2D eigenvalue weighted by Crippen LogP contribution is -2.17. The van der Waals surface area contributed by atoms with E-state index in [1.54, 1.807) is 12.1 Å². The minimum atomic E-state index is -2.82. The first-order chi connectivity index (χ1) is 7.30. The predicted octanol–water partition coefficient (Wildman–Crippen LogP) is 3.37. The van der Waals surface area contributed by atoms with E-state index in [0.29, 0.717) is 5.56 Å². The van der Waals surface area contributed by atoms with Gasteiger partial charge in [0.15, 0.2) is 0 Å². The number of benzene rings is 1. The van der Waals surface area contributed by atoms with E-state index in [9.17, 15) is 13.9 Å². The van der Waals surface area contributed by atoms with Crippen molar-refractivity contribution >= 4 is 0 Å². The molecule has 0 amide bonds. The van der Waals surface area contributed by atoms with Crippen molar-refractivity contribution in [3.8, 4) is 5.75 Å². The molecule has 0 aromatic heterocycles. The van der Waals surface area contributed by atoms with Gasteiger partial charge in [-0.05, 0) is 23.1 Å². The molecule has 0 fully saturated rings. The molecule has 90 valence electrons.